The summed E-state index contributed by atoms with van der Waals surface area (Å²) in [5.74, 6) is 5.54. The summed E-state index contributed by atoms with van der Waals surface area (Å²) >= 11 is 0. The number of carbonyl (C=O) groups excluding carboxylic acids is 1. The van der Waals surface area contributed by atoms with E-state index in [0.717, 1.165) is 36.9 Å². The number of hydrogen-bond donors (Lipinski definition) is 1. The van der Waals surface area contributed by atoms with Crippen LogP contribution in [0.3, 0.4) is 0 Å². The molecule has 1 aromatic carbocycles. The van der Waals surface area contributed by atoms with E-state index in [1.807, 2.05) is 29.2 Å². The van der Waals surface area contributed by atoms with Crippen molar-refractivity contribution < 1.29 is 9.90 Å². The second-order valence-corrected chi connectivity index (χ2v) is 4.77. The van der Waals surface area contributed by atoms with Gasteiger partial charge < -0.3 is 10.0 Å². The standard InChI is InChI=1S/C16H19NO2/c1-2-11-17(15-9-10-15)16(19)14-7-5-13(6-8-14)4-3-12-18/h5-8,15,18H,2,9-12H2,1H3. The van der Waals surface area contributed by atoms with E-state index in [2.05, 4.69) is 18.8 Å². The van der Waals surface area contributed by atoms with Gasteiger partial charge in [-0.1, -0.05) is 18.8 Å². The normalized spacial score (nSPS) is 13.6. The molecule has 1 amide bonds. The highest BCUT2D eigenvalue weighted by atomic mass is 16.2. The van der Waals surface area contributed by atoms with E-state index in [1.54, 1.807) is 0 Å². The average molecular weight is 257 g/mol. The Kier molecular flexibility index (Phi) is 4.59. The predicted octanol–water partition coefficient (Wildman–Crippen LogP) is 2.04. The quantitative estimate of drug-likeness (QED) is 0.839. The van der Waals surface area contributed by atoms with Gasteiger partial charge in [-0.15, -0.1) is 0 Å². The van der Waals surface area contributed by atoms with Crippen molar-refractivity contribution in [2.24, 2.45) is 0 Å². The van der Waals surface area contributed by atoms with Crippen LogP contribution in [0.15, 0.2) is 24.3 Å². The third-order valence-electron chi connectivity index (χ3n) is 3.16. The minimum atomic E-state index is -0.146. The lowest BCUT2D eigenvalue weighted by atomic mass is 10.1. The molecule has 0 aromatic heterocycles. The van der Waals surface area contributed by atoms with Crippen molar-refractivity contribution in [1.29, 1.82) is 0 Å². The third kappa shape index (κ3) is 3.59. The first-order valence-corrected chi connectivity index (χ1v) is 6.77. The summed E-state index contributed by atoms with van der Waals surface area (Å²) in [6.07, 6.45) is 3.25. The van der Waals surface area contributed by atoms with Crippen molar-refractivity contribution in [3.8, 4) is 11.8 Å². The smallest absolute Gasteiger partial charge is 0.254 e. The van der Waals surface area contributed by atoms with Crippen LogP contribution in [0, 0.1) is 11.8 Å². The summed E-state index contributed by atoms with van der Waals surface area (Å²) in [4.78, 5) is 14.4. The highest BCUT2D eigenvalue weighted by Gasteiger charge is 2.32. The van der Waals surface area contributed by atoms with Gasteiger partial charge in [-0.05, 0) is 43.5 Å². The maximum Gasteiger partial charge on any atom is 0.254 e. The Morgan fingerprint density at radius 1 is 1.37 bits per heavy atom. The molecule has 0 unspecified atom stereocenters. The van der Waals surface area contributed by atoms with Crippen molar-refractivity contribution in [3.63, 3.8) is 0 Å². The van der Waals surface area contributed by atoms with Crippen LogP contribution in [0.1, 0.15) is 42.1 Å². The van der Waals surface area contributed by atoms with Gasteiger partial charge in [0.15, 0.2) is 0 Å². The molecule has 100 valence electrons. The van der Waals surface area contributed by atoms with Crippen LogP contribution in [0.2, 0.25) is 0 Å². The van der Waals surface area contributed by atoms with Crippen molar-refractivity contribution in [1.82, 2.24) is 4.90 Å². The Hall–Kier alpha value is -1.79. The lowest BCUT2D eigenvalue weighted by Crippen LogP contribution is -2.33. The maximum atomic E-state index is 12.4. The average Bonchev–Trinajstić information content (AvgIpc) is 3.27. The number of benzene rings is 1. The first-order chi connectivity index (χ1) is 9.26. The van der Waals surface area contributed by atoms with Gasteiger partial charge in [-0.25, -0.2) is 0 Å². The summed E-state index contributed by atoms with van der Waals surface area (Å²) < 4.78 is 0. The predicted molar refractivity (Wildman–Crippen MR) is 74.8 cm³/mol. The number of rotatable bonds is 4. The van der Waals surface area contributed by atoms with E-state index in [-0.39, 0.29) is 12.5 Å². The van der Waals surface area contributed by atoms with E-state index in [0.29, 0.717) is 6.04 Å². The van der Waals surface area contributed by atoms with E-state index < -0.39 is 0 Å². The topological polar surface area (TPSA) is 40.5 Å². The van der Waals surface area contributed by atoms with Crippen LogP contribution in [0.4, 0.5) is 0 Å². The molecule has 3 nitrogen and oxygen atoms in total. The molecule has 1 fully saturated rings. The van der Waals surface area contributed by atoms with E-state index in [4.69, 9.17) is 5.11 Å². The van der Waals surface area contributed by atoms with E-state index >= 15 is 0 Å². The highest BCUT2D eigenvalue weighted by molar-refractivity contribution is 5.94. The van der Waals surface area contributed by atoms with Gasteiger partial charge in [-0.2, -0.15) is 0 Å². The zero-order valence-electron chi connectivity index (χ0n) is 11.2. The molecule has 0 radical (unpaired) electrons. The van der Waals surface area contributed by atoms with Gasteiger partial charge in [0.1, 0.15) is 6.61 Å². The van der Waals surface area contributed by atoms with E-state index in [9.17, 15) is 4.79 Å². The summed E-state index contributed by atoms with van der Waals surface area (Å²) in [5, 5.41) is 8.64. The highest BCUT2D eigenvalue weighted by Crippen LogP contribution is 2.28. The molecule has 1 aromatic rings. The minimum absolute atomic E-state index is 0.117. The van der Waals surface area contributed by atoms with Crippen LogP contribution in [0.25, 0.3) is 0 Å². The van der Waals surface area contributed by atoms with Gasteiger partial charge in [0.2, 0.25) is 0 Å². The Balaban J connectivity index is 2.09. The first kappa shape index (κ1) is 13.6. The summed E-state index contributed by atoms with van der Waals surface area (Å²) in [6, 6.07) is 7.73. The Morgan fingerprint density at radius 2 is 2.05 bits per heavy atom. The molecule has 0 heterocycles. The number of amides is 1. The Morgan fingerprint density at radius 3 is 2.58 bits per heavy atom. The van der Waals surface area contributed by atoms with Crippen molar-refractivity contribution in [2.45, 2.75) is 32.2 Å². The molecule has 0 saturated heterocycles. The number of hydrogen-bond acceptors (Lipinski definition) is 2. The van der Waals surface area contributed by atoms with E-state index in [1.165, 1.54) is 0 Å². The molecule has 1 aliphatic rings. The monoisotopic (exact) mass is 257 g/mol. The van der Waals surface area contributed by atoms with Crippen LogP contribution in [-0.4, -0.2) is 35.1 Å². The molecular formula is C16H19NO2. The third-order valence-corrected chi connectivity index (χ3v) is 3.16. The molecular weight excluding hydrogens is 238 g/mol. The van der Waals surface area contributed by atoms with Crippen LogP contribution in [-0.2, 0) is 0 Å². The first-order valence-electron chi connectivity index (χ1n) is 6.77. The maximum absolute atomic E-state index is 12.4. The molecule has 2 rings (SSSR count). The summed E-state index contributed by atoms with van der Waals surface area (Å²) in [6.45, 7) is 2.78. The molecule has 0 aliphatic heterocycles. The van der Waals surface area contributed by atoms with Crippen molar-refractivity contribution in [2.75, 3.05) is 13.2 Å². The second kappa shape index (κ2) is 6.40. The number of aliphatic hydroxyl groups excluding tert-OH is 1. The fourth-order valence-electron chi connectivity index (χ4n) is 2.08. The zero-order chi connectivity index (χ0) is 13.7. The van der Waals surface area contributed by atoms with Crippen LogP contribution >= 0.6 is 0 Å². The number of nitrogens with zero attached hydrogens (tertiary/aromatic N) is 1. The van der Waals surface area contributed by atoms with Crippen LogP contribution in [0.5, 0.6) is 0 Å². The number of aliphatic hydroxyl groups is 1. The fourth-order valence-corrected chi connectivity index (χ4v) is 2.08. The summed E-state index contributed by atoms with van der Waals surface area (Å²) in [5.41, 5.74) is 1.54. The molecule has 19 heavy (non-hydrogen) atoms. The molecule has 1 aliphatic carbocycles. The fraction of sp³-hybridized carbons (Fsp3) is 0.438. The van der Waals surface area contributed by atoms with Crippen LogP contribution < -0.4 is 0 Å². The lowest BCUT2D eigenvalue weighted by Gasteiger charge is -2.21. The van der Waals surface area contributed by atoms with Gasteiger partial charge in [0.25, 0.3) is 5.91 Å². The van der Waals surface area contributed by atoms with Gasteiger partial charge >= 0.3 is 0 Å². The summed E-state index contributed by atoms with van der Waals surface area (Å²) in [7, 11) is 0. The molecule has 3 heteroatoms. The van der Waals surface area contributed by atoms with Crippen molar-refractivity contribution in [3.05, 3.63) is 35.4 Å². The molecule has 0 spiro atoms. The molecule has 1 saturated carbocycles. The Labute approximate surface area is 114 Å². The lowest BCUT2D eigenvalue weighted by molar-refractivity contribution is 0.0743. The zero-order valence-corrected chi connectivity index (χ0v) is 11.2. The largest absolute Gasteiger partial charge is 0.384 e. The number of carbonyl (C=O) groups is 1. The SMILES string of the molecule is CCCN(C(=O)c1ccc(C#CCO)cc1)C1CC1. The second-order valence-electron chi connectivity index (χ2n) is 4.77. The minimum Gasteiger partial charge on any atom is -0.384 e. The Bertz CT molecular complexity index is 492. The van der Waals surface area contributed by atoms with Gasteiger partial charge in [0, 0.05) is 23.7 Å². The van der Waals surface area contributed by atoms with Gasteiger partial charge in [0.05, 0.1) is 0 Å². The molecule has 0 bridgehead atoms. The molecule has 0 atom stereocenters. The molecule has 1 N–H and O–H groups in total. The van der Waals surface area contributed by atoms with Gasteiger partial charge in [-0.3, -0.25) is 4.79 Å². The van der Waals surface area contributed by atoms with Crippen molar-refractivity contribution >= 4 is 5.91 Å².